The van der Waals surface area contributed by atoms with E-state index in [1.807, 2.05) is 30.3 Å². The van der Waals surface area contributed by atoms with E-state index >= 15 is 0 Å². The Kier molecular flexibility index (Phi) is 6.04. The number of nitrogens with zero attached hydrogens (tertiary/aromatic N) is 2. The zero-order valence-electron chi connectivity index (χ0n) is 16.0. The van der Waals surface area contributed by atoms with Crippen LogP contribution in [-0.4, -0.2) is 41.6 Å². The molecule has 0 bridgehead atoms. The highest BCUT2D eigenvalue weighted by Crippen LogP contribution is 2.22. The SMILES string of the molecule is CCS(=O)(=O)CCOC(=O)c1cc2c(=O)n(Cc3ccccc3)c(=O)n(C)c2s1. The van der Waals surface area contributed by atoms with Crippen LogP contribution in [-0.2, 0) is 28.2 Å². The highest BCUT2D eigenvalue weighted by molar-refractivity contribution is 7.91. The van der Waals surface area contributed by atoms with Crippen molar-refractivity contribution < 1.29 is 17.9 Å². The minimum absolute atomic E-state index is 0.0312. The molecule has 0 saturated carbocycles. The molecule has 0 atom stereocenters. The van der Waals surface area contributed by atoms with E-state index in [0.717, 1.165) is 21.5 Å². The molecule has 0 spiro atoms. The summed E-state index contributed by atoms with van der Waals surface area (Å²) >= 11 is 0.965. The highest BCUT2D eigenvalue weighted by atomic mass is 32.2. The average molecular weight is 437 g/mol. The van der Waals surface area contributed by atoms with Crippen LogP contribution in [0.5, 0.6) is 0 Å². The summed E-state index contributed by atoms with van der Waals surface area (Å²) in [4.78, 5) is 38.3. The second-order valence-corrected chi connectivity index (χ2v) is 9.92. The molecule has 0 aliphatic carbocycles. The van der Waals surface area contributed by atoms with Crippen LogP contribution in [0.25, 0.3) is 10.2 Å². The fraction of sp³-hybridized carbons (Fsp3) is 0.316. The van der Waals surface area contributed by atoms with Crippen molar-refractivity contribution in [3.05, 3.63) is 67.7 Å². The van der Waals surface area contributed by atoms with Crippen LogP contribution in [0.3, 0.4) is 0 Å². The van der Waals surface area contributed by atoms with Crippen molar-refractivity contribution in [1.29, 1.82) is 0 Å². The first-order valence-corrected chi connectivity index (χ1v) is 11.5. The van der Waals surface area contributed by atoms with E-state index in [0.29, 0.717) is 4.83 Å². The van der Waals surface area contributed by atoms with Gasteiger partial charge in [0, 0.05) is 12.8 Å². The van der Waals surface area contributed by atoms with Gasteiger partial charge in [-0.05, 0) is 11.6 Å². The van der Waals surface area contributed by atoms with Crippen molar-refractivity contribution >= 4 is 37.4 Å². The maximum absolute atomic E-state index is 12.9. The third kappa shape index (κ3) is 4.48. The lowest BCUT2D eigenvalue weighted by Crippen LogP contribution is -2.38. The molecule has 3 aromatic rings. The summed E-state index contributed by atoms with van der Waals surface area (Å²) < 4.78 is 30.5. The van der Waals surface area contributed by atoms with Crippen LogP contribution in [0.4, 0.5) is 0 Å². The molecule has 10 heteroatoms. The van der Waals surface area contributed by atoms with Gasteiger partial charge in [-0.2, -0.15) is 0 Å². The highest BCUT2D eigenvalue weighted by Gasteiger charge is 2.19. The molecule has 1 aromatic carbocycles. The number of carbonyl (C=O) groups is 1. The normalized spacial score (nSPS) is 11.7. The Morgan fingerprint density at radius 1 is 1.17 bits per heavy atom. The number of aryl methyl sites for hydroxylation is 1. The first kappa shape index (κ1) is 21.0. The van der Waals surface area contributed by atoms with E-state index in [4.69, 9.17) is 4.74 Å². The van der Waals surface area contributed by atoms with Gasteiger partial charge in [0.2, 0.25) is 0 Å². The Labute approximate surface area is 170 Å². The van der Waals surface area contributed by atoms with Crippen LogP contribution in [0.1, 0.15) is 22.2 Å². The topological polar surface area (TPSA) is 104 Å². The number of hydrogen-bond donors (Lipinski definition) is 0. The van der Waals surface area contributed by atoms with E-state index in [1.165, 1.54) is 24.6 Å². The number of carbonyl (C=O) groups excluding carboxylic acids is 1. The van der Waals surface area contributed by atoms with Crippen molar-refractivity contribution in [2.45, 2.75) is 13.5 Å². The summed E-state index contributed by atoms with van der Waals surface area (Å²) in [5.74, 6) is -1.02. The lowest BCUT2D eigenvalue weighted by Gasteiger charge is -2.08. The van der Waals surface area contributed by atoms with Crippen molar-refractivity contribution in [3.8, 4) is 0 Å². The summed E-state index contributed by atoms with van der Waals surface area (Å²) in [6, 6.07) is 10.5. The molecule has 2 heterocycles. The number of benzene rings is 1. The third-order valence-electron chi connectivity index (χ3n) is 4.46. The molecule has 0 unspecified atom stereocenters. The van der Waals surface area contributed by atoms with Crippen LogP contribution in [0.2, 0.25) is 0 Å². The number of rotatable bonds is 7. The van der Waals surface area contributed by atoms with E-state index in [2.05, 4.69) is 0 Å². The maximum atomic E-state index is 12.9. The molecule has 0 aliphatic heterocycles. The molecule has 29 heavy (non-hydrogen) atoms. The second kappa shape index (κ2) is 8.34. The molecule has 2 aromatic heterocycles. The predicted molar refractivity (Wildman–Crippen MR) is 111 cm³/mol. The van der Waals surface area contributed by atoms with Crippen LogP contribution < -0.4 is 11.2 Å². The monoisotopic (exact) mass is 436 g/mol. The molecule has 0 N–H and O–H groups in total. The van der Waals surface area contributed by atoms with Gasteiger partial charge in [-0.3, -0.25) is 13.9 Å². The van der Waals surface area contributed by atoms with Crippen LogP contribution in [0, 0.1) is 0 Å². The fourth-order valence-corrected chi connectivity index (χ4v) is 4.39. The average Bonchev–Trinajstić information content (AvgIpc) is 3.16. The Balaban J connectivity index is 1.92. The Bertz CT molecular complexity index is 1270. The zero-order chi connectivity index (χ0) is 21.2. The molecular weight excluding hydrogens is 416 g/mol. The van der Waals surface area contributed by atoms with Gasteiger partial charge in [0.1, 0.15) is 16.3 Å². The van der Waals surface area contributed by atoms with Crippen molar-refractivity contribution in [3.63, 3.8) is 0 Å². The predicted octanol–water partition coefficient (Wildman–Crippen LogP) is 1.40. The van der Waals surface area contributed by atoms with Crippen molar-refractivity contribution in [2.75, 3.05) is 18.1 Å². The van der Waals surface area contributed by atoms with E-state index in [1.54, 1.807) is 0 Å². The second-order valence-electron chi connectivity index (χ2n) is 6.42. The molecule has 0 radical (unpaired) electrons. The molecule has 0 saturated heterocycles. The number of aromatic nitrogens is 2. The summed E-state index contributed by atoms with van der Waals surface area (Å²) in [6.07, 6.45) is 0. The lowest BCUT2D eigenvalue weighted by atomic mass is 10.2. The zero-order valence-corrected chi connectivity index (χ0v) is 17.6. The summed E-state index contributed by atoms with van der Waals surface area (Å²) in [5, 5.41) is 0.237. The molecular formula is C19H20N2O6S2. The Hall–Kier alpha value is -2.72. The largest absolute Gasteiger partial charge is 0.460 e. The first-order chi connectivity index (χ1) is 13.7. The standard InChI is InChI=1S/C19H20N2O6S2/c1-3-29(25,26)10-9-27-18(23)15-11-14-16(22)21(12-13-7-5-4-6-8-13)19(24)20(2)17(14)28-15/h4-8,11H,3,9-10,12H2,1-2H3. The number of thiophene rings is 1. The van der Waals surface area contributed by atoms with Gasteiger partial charge in [0.15, 0.2) is 9.84 Å². The smallest absolute Gasteiger partial charge is 0.348 e. The van der Waals surface area contributed by atoms with Crippen molar-refractivity contribution in [1.82, 2.24) is 9.13 Å². The first-order valence-electron chi connectivity index (χ1n) is 8.88. The summed E-state index contributed by atoms with van der Waals surface area (Å²) in [5.41, 5.74) is -0.170. The third-order valence-corrected chi connectivity index (χ3v) is 7.32. The van der Waals surface area contributed by atoms with Gasteiger partial charge >= 0.3 is 11.7 Å². The quantitative estimate of drug-likeness (QED) is 0.519. The minimum atomic E-state index is -3.25. The van der Waals surface area contributed by atoms with E-state index < -0.39 is 27.1 Å². The van der Waals surface area contributed by atoms with Crippen LogP contribution >= 0.6 is 11.3 Å². The molecule has 3 rings (SSSR count). The number of fused-ring (bicyclic) bond motifs is 1. The van der Waals surface area contributed by atoms with Gasteiger partial charge in [-0.25, -0.2) is 18.0 Å². The van der Waals surface area contributed by atoms with Gasteiger partial charge < -0.3 is 4.74 Å². The van der Waals surface area contributed by atoms with Gasteiger partial charge in [-0.1, -0.05) is 37.3 Å². The van der Waals surface area contributed by atoms with Gasteiger partial charge in [0.05, 0.1) is 17.7 Å². The number of ether oxygens (including phenoxy) is 1. The maximum Gasteiger partial charge on any atom is 0.348 e. The van der Waals surface area contributed by atoms with Crippen molar-refractivity contribution in [2.24, 2.45) is 7.05 Å². The van der Waals surface area contributed by atoms with E-state index in [9.17, 15) is 22.8 Å². The Morgan fingerprint density at radius 2 is 1.86 bits per heavy atom. The molecule has 0 aliphatic rings. The van der Waals surface area contributed by atoms with Gasteiger partial charge in [-0.15, -0.1) is 11.3 Å². The number of esters is 1. The van der Waals surface area contributed by atoms with Crippen LogP contribution in [0.15, 0.2) is 46.0 Å². The summed E-state index contributed by atoms with van der Waals surface area (Å²) in [7, 11) is -1.72. The number of hydrogen-bond acceptors (Lipinski definition) is 7. The molecule has 8 nitrogen and oxygen atoms in total. The lowest BCUT2D eigenvalue weighted by molar-refractivity contribution is 0.0535. The minimum Gasteiger partial charge on any atom is -0.460 e. The Morgan fingerprint density at radius 3 is 2.52 bits per heavy atom. The summed E-state index contributed by atoms with van der Waals surface area (Å²) in [6.45, 7) is 1.37. The fourth-order valence-electron chi connectivity index (χ4n) is 2.77. The molecule has 0 fully saturated rings. The molecule has 0 amide bonds. The molecule has 154 valence electrons. The number of sulfone groups is 1. The van der Waals surface area contributed by atoms with E-state index in [-0.39, 0.29) is 34.9 Å². The van der Waals surface area contributed by atoms with Gasteiger partial charge in [0.25, 0.3) is 5.56 Å².